The summed E-state index contributed by atoms with van der Waals surface area (Å²) in [5, 5.41) is 12.4. The Bertz CT molecular complexity index is 625. The third-order valence-electron chi connectivity index (χ3n) is 2.78. The van der Waals surface area contributed by atoms with Crippen LogP contribution in [0.15, 0.2) is 22.7 Å². The number of amides is 1. The molecule has 1 aromatic heterocycles. The number of nitrogens with one attached hydrogen (secondary N) is 1. The summed E-state index contributed by atoms with van der Waals surface area (Å²) in [5.74, 6) is 0.370. The fourth-order valence-corrected chi connectivity index (χ4v) is 3.07. The van der Waals surface area contributed by atoms with Crippen LogP contribution in [0.2, 0.25) is 0 Å². The number of halogens is 1. The molecule has 0 unspecified atom stereocenters. The summed E-state index contributed by atoms with van der Waals surface area (Å²) >= 11 is 4.85. The van der Waals surface area contributed by atoms with Crippen LogP contribution in [0.5, 0.6) is 0 Å². The number of aromatic nitrogens is 2. The van der Waals surface area contributed by atoms with Crippen LogP contribution in [0.3, 0.4) is 0 Å². The Kier molecular flexibility index (Phi) is 4.88. The Morgan fingerprint density at radius 1 is 1.40 bits per heavy atom. The maximum atomic E-state index is 12.2. The summed E-state index contributed by atoms with van der Waals surface area (Å²) < 4.78 is 0.919. The van der Waals surface area contributed by atoms with Crippen molar-refractivity contribution >= 4 is 38.3 Å². The van der Waals surface area contributed by atoms with Gasteiger partial charge in [-0.25, -0.2) is 0 Å². The van der Waals surface area contributed by atoms with Gasteiger partial charge in [0.15, 0.2) is 0 Å². The van der Waals surface area contributed by atoms with E-state index in [1.54, 1.807) is 6.07 Å². The minimum absolute atomic E-state index is 0.156. The van der Waals surface area contributed by atoms with Crippen LogP contribution >= 0.6 is 27.3 Å². The molecule has 0 aliphatic heterocycles. The van der Waals surface area contributed by atoms with E-state index in [-0.39, 0.29) is 5.91 Å². The Morgan fingerprint density at radius 3 is 2.85 bits per heavy atom. The molecule has 6 heteroatoms. The Labute approximate surface area is 130 Å². The van der Waals surface area contributed by atoms with E-state index in [2.05, 4.69) is 45.3 Å². The highest BCUT2D eigenvalue weighted by atomic mass is 79.9. The van der Waals surface area contributed by atoms with Gasteiger partial charge in [0.25, 0.3) is 5.91 Å². The molecule has 1 N–H and O–H groups in total. The number of carbonyl (C=O) groups is 1. The van der Waals surface area contributed by atoms with E-state index in [9.17, 15) is 4.79 Å². The highest BCUT2D eigenvalue weighted by molar-refractivity contribution is 9.10. The lowest BCUT2D eigenvalue weighted by atomic mass is 10.1. The Hall–Kier alpha value is -1.27. The lowest BCUT2D eigenvalue weighted by molar-refractivity contribution is 0.102. The molecule has 4 nitrogen and oxygen atoms in total. The molecule has 106 valence electrons. The maximum Gasteiger partial charge on any atom is 0.257 e. The number of rotatable bonds is 4. The summed E-state index contributed by atoms with van der Waals surface area (Å²) in [5.41, 5.74) is 1.55. The van der Waals surface area contributed by atoms with Gasteiger partial charge in [-0.1, -0.05) is 47.2 Å². The van der Waals surface area contributed by atoms with E-state index in [4.69, 9.17) is 0 Å². The first-order valence-electron chi connectivity index (χ1n) is 6.36. The topological polar surface area (TPSA) is 54.9 Å². The number of hydrogen-bond acceptors (Lipinski definition) is 4. The smallest absolute Gasteiger partial charge is 0.257 e. The van der Waals surface area contributed by atoms with Crippen molar-refractivity contribution in [1.82, 2.24) is 10.2 Å². The second kappa shape index (κ2) is 6.45. The molecule has 1 aromatic carbocycles. The molecular weight excluding hydrogens is 338 g/mol. The number of anilines is 1. The molecule has 0 spiro atoms. The zero-order valence-electron chi connectivity index (χ0n) is 11.6. The van der Waals surface area contributed by atoms with Crippen molar-refractivity contribution < 1.29 is 4.79 Å². The zero-order chi connectivity index (χ0) is 14.7. The lowest BCUT2D eigenvalue weighted by Crippen LogP contribution is -2.13. The molecule has 20 heavy (non-hydrogen) atoms. The van der Waals surface area contributed by atoms with Gasteiger partial charge >= 0.3 is 0 Å². The highest BCUT2D eigenvalue weighted by Gasteiger charge is 2.13. The van der Waals surface area contributed by atoms with E-state index in [1.807, 2.05) is 19.1 Å². The van der Waals surface area contributed by atoms with Crippen LogP contribution in [0.4, 0.5) is 5.13 Å². The van der Waals surface area contributed by atoms with Gasteiger partial charge in [-0.05, 0) is 30.5 Å². The average molecular weight is 354 g/mol. The van der Waals surface area contributed by atoms with E-state index >= 15 is 0 Å². The minimum atomic E-state index is -0.156. The molecule has 0 saturated heterocycles. The van der Waals surface area contributed by atoms with Crippen molar-refractivity contribution in [3.63, 3.8) is 0 Å². The summed E-state index contributed by atoms with van der Waals surface area (Å²) in [6.45, 7) is 6.16. The van der Waals surface area contributed by atoms with Crippen LogP contribution in [-0.2, 0) is 6.42 Å². The van der Waals surface area contributed by atoms with Crippen molar-refractivity contribution in [1.29, 1.82) is 0 Å². The van der Waals surface area contributed by atoms with E-state index < -0.39 is 0 Å². The van der Waals surface area contributed by atoms with E-state index in [0.29, 0.717) is 16.6 Å². The van der Waals surface area contributed by atoms with Gasteiger partial charge in [0, 0.05) is 16.5 Å². The first kappa shape index (κ1) is 15.1. The first-order chi connectivity index (χ1) is 9.47. The fraction of sp³-hybridized carbons (Fsp3) is 0.357. The number of hydrogen-bond donors (Lipinski definition) is 1. The Morgan fingerprint density at radius 2 is 2.15 bits per heavy atom. The van der Waals surface area contributed by atoms with Crippen LogP contribution < -0.4 is 5.32 Å². The number of nitrogens with zero attached hydrogens (tertiary/aromatic N) is 2. The molecule has 2 aromatic rings. The van der Waals surface area contributed by atoms with Gasteiger partial charge in [-0.15, -0.1) is 10.2 Å². The fourth-order valence-electron chi connectivity index (χ4n) is 1.75. The maximum absolute atomic E-state index is 12.2. The standard InChI is InChI=1S/C14H16BrN3OS/c1-8(2)7-12-17-18-14(20-12)16-13(19)10-5-4-6-11(15)9(10)3/h4-6,8H,7H2,1-3H3,(H,16,18,19). The zero-order valence-corrected chi connectivity index (χ0v) is 14.0. The molecule has 0 saturated carbocycles. The van der Waals surface area contributed by atoms with Crippen LogP contribution in [-0.4, -0.2) is 16.1 Å². The van der Waals surface area contributed by atoms with Crippen LogP contribution in [0, 0.1) is 12.8 Å². The normalized spacial score (nSPS) is 10.8. The van der Waals surface area contributed by atoms with Gasteiger partial charge in [-0.3, -0.25) is 10.1 Å². The van der Waals surface area contributed by atoms with Gasteiger partial charge in [0.05, 0.1) is 0 Å². The summed E-state index contributed by atoms with van der Waals surface area (Å²) in [4.78, 5) is 12.2. The van der Waals surface area contributed by atoms with Gasteiger partial charge < -0.3 is 0 Å². The number of carbonyl (C=O) groups excluding carboxylic acids is 1. The van der Waals surface area contributed by atoms with Gasteiger partial charge in [0.2, 0.25) is 5.13 Å². The summed E-state index contributed by atoms with van der Waals surface area (Å²) in [6.07, 6.45) is 0.878. The van der Waals surface area contributed by atoms with Gasteiger partial charge in [0.1, 0.15) is 5.01 Å². The molecule has 0 atom stereocenters. The second-order valence-corrected chi connectivity index (χ2v) is 6.88. The largest absolute Gasteiger partial charge is 0.296 e. The summed E-state index contributed by atoms with van der Waals surface area (Å²) in [7, 11) is 0. The first-order valence-corrected chi connectivity index (χ1v) is 7.97. The molecule has 0 aliphatic carbocycles. The molecule has 0 aliphatic rings. The molecular formula is C14H16BrN3OS. The highest BCUT2D eigenvalue weighted by Crippen LogP contribution is 2.22. The second-order valence-electron chi connectivity index (χ2n) is 4.97. The molecule has 0 bridgehead atoms. The molecule has 1 amide bonds. The third-order valence-corrected chi connectivity index (χ3v) is 4.50. The van der Waals surface area contributed by atoms with Gasteiger partial charge in [-0.2, -0.15) is 0 Å². The lowest BCUT2D eigenvalue weighted by Gasteiger charge is -2.06. The third kappa shape index (κ3) is 3.64. The van der Waals surface area contributed by atoms with Crippen molar-refractivity contribution in [3.8, 4) is 0 Å². The minimum Gasteiger partial charge on any atom is -0.296 e. The van der Waals surface area contributed by atoms with Crippen molar-refractivity contribution in [3.05, 3.63) is 38.8 Å². The van der Waals surface area contributed by atoms with Crippen molar-refractivity contribution in [2.45, 2.75) is 27.2 Å². The molecule has 0 fully saturated rings. The van der Waals surface area contributed by atoms with Crippen molar-refractivity contribution in [2.24, 2.45) is 5.92 Å². The van der Waals surface area contributed by atoms with Crippen LogP contribution in [0.25, 0.3) is 0 Å². The molecule has 1 heterocycles. The monoisotopic (exact) mass is 353 g/mol. The predicted molar refractivity (Wildman–Crippen MR) is 85.3 cm³/mol. The molecule has 2 rings (SSSR count). The number of benzene rings is 1. The Balaban J connectivity index is 2.11. The van der Waals surface area contributed by atoms with E-state index in [1.165, 1.54) is 11.3 Å². The van der Waals surface area contributed by atoms with Crippen molar-refractivity contribution in [2.75, 3.05) is 5.32 Å². The van der Waals surface area contributed by atoms with E-state index in [0.717, 1.165) is 21.5 Å². The quantitative estimate of drug-likeness (QED) is 0.901. The van der Waals surface area contributed by atoms with Crippen LogP contribution in [0.1, 0.15) is 34.8 Å². The summed E-state index contributed by atoms with van der Waals surface area (Å²) in [6, 6.07) is 5.56. The molecule has 0 radical (unpaired) electrons. The average Bonchev–Trinajstić information content (AvgIpc) is 2.79. The SMILES string of the molecule is Cc1c(Br)cccc1C(=O)Nc1nnc(CC(C)C)s1. The predicted octanol–water partition coefficient (Wildman–Crippen LogP) is 4.06.